The number of thioether (sulfide) groups is 1. The van der Waals surface area contributed by atoms with E-state index in [4.69, 9.17) is 0 Å². The summed E-state index contributed by atoms with van der Waals surface area (Å²) in [5.41, 5.74) is 6.07. The fourth-order valence-corrected chi connectivity index (χ4v) is 4.95. The van der Waals surface area contributed by atoms with Crippen LogP contribution in [0.25, 0.3) is 17.1 Å². The van der Waals surface area contributed by atoms with E-state index in [2.05, 4.69) is 56.9 Å². The Morgan fingerprint density at radius 2 is 1.55 bits per heavy atom. The monoisotopic (exact) mass is 463 g/mol. The molecular formula is C27H27F2N3S. The van der Waals surface area contributed by atoms with Crippen LogP contribution in [0, 0.1) is 25.5 Å². The third-order valence-electron chi connectivity index (χ3n) is 5.72. The SMILES string of the molecule is Cc1cc(C(C)(C)C)cc(C)c1CSc1nnc(-c2ccccc2)n1-c1ccc(F)cc1F. The average Bonchev–Trinajstić information content (AvgIpc) is 3.16. The summed E-state index contributed by atoms with van der Waals surface area (Å²) < 4.78 is 30.1. The molecule has 170 valence electrons. The van der Waals surface area contributed by atoms with Crippen LogP contribution >= 0.6 is 11.8 Å². The average molecular weight is 464 g/mol. The Hall–Kier alpha value is -2.99. The van der Waals surface area contributed by atoms with E-state index in [9.17, 15) is 8.78 Å². The second-order valence-corrected chi connectivity index (χ2v) is 10.2. The predicted octanol–water partition coefficient (Wildman–Crippen LogP) is 7.42. The van der Waals surface area contributed by atoms with E-state index in [1.54, 1.807) is 4.57 Å². The molecule has 0 aliphatic heterocycles. The van der Waals surface area contributed by atoms with E-state index in [1.807, 2.05) is 30.3 Å². The van der Waals surface area contributed by atoms with Crippen molar-refractivity contribution in [3.05, 3.63) is 94.6 Å². The van der Waals surface area contributed by atoms with Gasteiger partial charge < -0.3 is 0 Å². The van der Waals surface area contributed by atoms with E-state index < -0.39 is 11.6 Å². The molecule has 3 nitrogen and oxygen atoms in total. The van der Waals surface area contributed by atoms with Crippen molar-refractivity contribution in [2.45, 2.75) is 50.9 Å². The zero-order valence-electron chi connectivity index (χ0n) is 19.5. The largest absolute Gasteiger partial charge is 0.267 e. The number of hydrogen-bond acceptors (Lipinski definition) is 3. The van der Waals surface area contributed by atoms with Gasteiger partial charge in [-0.3, -0.25) is 4.57 Å². The molecule has 0 N–H and O–H groups in total. The molecule has 0 atom stereocenters. The van der Waals surface area contributed by atoms with Crippen molar-refractivity contribution in [2.75, 3.05) is 0 Å². The first kappa shape index (κ1) is 23.2. The lowest BCUT2D eigenvalue weighted by Gasteiger charge is -2.22. The van der Waals surface area contributed by atoms with Crippen molar-refractivity contribution in [2.24, 2.45) is 0 Å². The van der Waals surface area contributed by atoms with Gasteiger partial charge in [0.25, 0.3) is 0 Å². The molecule has 3 aromatic carbocycles. The molecule has 0 bridgehead atoms. The minimum atomic E-state index is -0.657. The summed E-state index contributed by atoms with van der Waals surface area (Å²) in [6.45, 7) is 10.9. The minimum absolute atomic E-state index is 0.0755. The first-order valence-electron chi connectivity index (χ1n) is 10.8. The zero-order valence-corrected chi connectivity index (χ0v) is 20.3. The molecule has 0 aliphatic carbocycles. The standard InChI is InChI=1S/C27H27F2N3S/c1-17-13-20(27(3,4)5)14-18(2)22(17)16-33-26-31-30-25(19-9-7-6-8-10-19)32(26)24-12-11-21(28)15-23(24)29/h6-15H,16H2,1-5H3. The second-order valence-electron chi connectivity index (χ2n) is 9.23. The zero-order chi connectivity index (χ0) is 23.8. The van der Waals surface area contributed by atoms with Gasteiger partial charge in [-0.2, -0.15) is 0 Å². The molecule has 33 heavy (non-hydrogen) atoms. The number of hydrogen-bond donors (Lipinski definition) is 0. The smallest absolute Gasteiger partial charge is 0.196 e. The van der Waals surface area contributed by atoms with E-state index in [0.717, 1.165) is 11.6 Å². The first-order chi connectivity index (χ1) is 15.6. The van der Waals surface area contributed by atoms with Crippen LogP contribution < -0.4 is 0 Å². The van der Waals surface area contributed by atoms with Crippen LogP contribution in [0.15, 0.2) is 65.8 Å². The van der Waals surface area contributed by atoms with Gasteiger partial charge in [0.2, 0.25) is 0 Å². The summed E-state index contributed by atoms with van der Waals surface area (Å²) in [5.74, 6) is -0.0986. The van der Waals surface area contributed by atoms with Gasteiger partial charge in [-0.05, 0) is 53.6 Å². The fraction of sp³-hybridized carbons (Fsp3) is 0.259. The molecule has 0 fully saturated rings. The Bertz CT molecular complexity index is 1270. The lowest BCUT2D eigenvalue weighted by molar-refractivity contribution is 0.575. The Morgan fingerprint density at radius 1 is 0.879 bits per heavy atom. The van der Waals surface area contributed by atoms with Crippen molar-refractivity contribution < 1.29 is 8.78 Å². The third kappa shape index (κ3) is 4.86. The van der Waals surface area contributed by atoms with Crippen LogP contribution in [-0.2, 0) is 11.2 Å². The van der Waals surface area contributed by atoms with Crippen molar-refractivity contribution in [1.82, 2.24) is 14.8 Å². The number of aromatic nitrogens is 3. The van der Waals surface area contributed by atoms with Crippen LogP contribution in [0.1, 0.15) is 43.0 Å². The summed E-state index contributed by atoms with van der Waals surface area (Å²) in [7, 11) is 0. The van der Waals surface area contributed by atoms with Crippen molar-refractivity contribution >= 4 is 11.8 Å². The summed E-state index contributed by atoms with van der Waals surface area (Å²) in [6.07, 6.45) is 0. The van der Waals surface area contributed by atoms with E-state index in [1.165, 1.54) is 46.1 Å². The van der Waals surface area contributed by atoms with Gasteiger partial charge in [-0.25, -0.2) is 8.78 Å². The molecular weight excluding hydrogens is 436 g/mol. The summed E-state index contributed by atoms with van der Waals surface area (Å²) in [6, 6.07) is 17.5. The van der Waals surface area contributed by atoms with Crippen molar-refractivity contribution in [3.63, 3.8) is 0 Å². The maximum absolute atomic E-state index is 14.8. The Balaban J connectivity index is 1.74. The molecule has 4 aromatic rings. The molecule has 6 heteroatoms. The van der Waals surface area contributed by atoms with Crippen molar-refractivity contribution in [1.29, 1.82) is 0 Å². The molecule has 4 rings (SSSR count). The normalized spacial score (nSPS) is 11.7. The van der Waals surface area contributed by atoms with E-state index in [-0.39, 0.29) is 11.1 Å². The van der Waals surface area contributed by atoms with Gasteiger partial charge in [-0.15, -0.1) is 10.2 Å². The highest BCUT2D eigenvalue weighted by atomic mass is 32.2. The van der Waals surface area contributed by atoms with E-state index >= 15 is 0 Å². The van der Waals surface area contributed by atoms with Gasteiger partial charge in [0.1, 0.15) is 11.6 Å². The molecule has 0 saturated heterocycles. The number of rotatable bonds is 5. The minimum Gasteiger partial charge on any atom is -0.267 e. The molecule has 0 unspecified atom stereocenters. The van der Waals surface area contributed by atoms with Crippen LogP contribution in [-0.4, -0.2) is 14.8 Å². The molecule has 0 amide bonds. The number of aryl methyl sites for hydroxylation is 2. The second kappa shape index (κ2) is 9.10. The topological polar surface area (TPSA) is 30.7 Å². The molecule has 1 heterocycles. The Labute approximate surface area is 197 Å². The van der Waals surface area contributed by atoms with E-state index in [0.29, 0.717) is 16.7 Å². The van der Waals surface area contributed by atoms with Gasteiger partial charge in [0.05, 0.1) is 5.69 Å². The van der Waals surface area contributed by atoms with Gasteiger partial charge >= 0.3 is 0 Å². The lowest BCUT2D eigenvalue weighted by Crippen LogP contribution is -2.12. The van der Waals surface area contributed by atoms with Crippen LogP contribution in [0.3, 0.4) is 0 Å². The summed E-state index contributed by atoms with van der Waals surface area (Å²) in [5, 5.41) is 9.29. The maximum Gasteiger partial charge on any atom is 0.196 e. The number of nitrogens with zero attached hydrogens (tertiary/aromatic N) is 3. The summed E-state index contributed by atoms with van der Waals surface area (Å²) in [4.78, 5) is 0. The van der Waals surface area contributed by atoms with Crippen LogP contribution in [0.4, 0.5) is 8.78 Å². The molecule has 0 radical (unpaired) electrons. The van der Waals surface area contributed by atoms with Crippen molar-refractivity contribution in [3.8, 4) is 17.1 Å². The molecule has 0 spiro atoms. The van der Waals surface area contributed by atoms with Crippen LogP contribution in [0.2, 0.25) is 0 Å². The highest BCUT2D eigenvalue weighted by Crippen LogP contribution is 2.34. The molecule has 1 aromatic heterocycles. The van der Waals surface area contributed by atoms with Gasteiger partial charge in [0, 0.05) is 17.4 Å². The quantitative estimate of drug-likeness (QED) is 0.289. The first-order valence-corrected chi connectivity index (χ1v) is 11.8. The highest BCUT2D eigenvalue weighted by molar-refractivity contribution is 7.98. The fourth-order valence-electron chi connectivity index (χ4n) is 3.81. The third-order valence-corrected chi connectivity index (χ3v) is 6.68. The predicted molar refractivity (Wildman–Crippen MR) is 131 cm³/mol. The molecule has 0 saturated carbocycles. The maximum atomic E-state index is 14.8. The Kier molecular flexibility index (Phi) is 6.39. The number of halogens is 2. The van der Waals surface area contributed by atoms with Gasteiger partial charge in [-0.1, -0.05) is 75.0 Å². The lowest BCUT2D eigenvalue weighted by atomic mass is 9.84. The highest BCUT2D eigenvalue weighted by Gasteiger charge is 2.21. The summed E-state index contributed by atoms with van der Waals surface area (Å²) >= 11 is 1.49. The van der Waals surface area contributed by atoms with Gasteiger partial charge in [0.15, 0.2) is 11.0 Å². The van der Waals surface area contributed by atoms with Crippen LogP contribution in [0.5, 0.6) is 0 Å². The Morgan fingerprint density at radius 3 is 2.15 bits per heavy atom. The number of benzene rings is 3. The molecule has 0 aliphatic rings.